The summed E-state index contributed by atoms with van der Waals surface area (Å²) < 4.78 is 33.4. The third-order valence-electron chi connectivity index (χ3n) is 6.88. The summed E-state index contributed by atoms with van der Waals surface area (Å²) in [6.45, 7) is 3.14. The van der Waals surface area contributed by atoms with Crippen LogP contribution in [0.4, 0.5) is 0 Å². The molecule has 10 heteroatoms. The molecule has 0 spiro atoms. The van der Waals surface area contributed by atoms with Crippen LogP contribution in [0, 0.1) is 0 Å². The number of fused-ring (bicyclic) bond motifs is 3. The predicted molar refractivity (Wildman–Crippen MR) is 149 cm³/mol. The van der Waals surface area contributed by atoms with Crippen LogP contribution in [-0.2, 0) is 6.54 Å². The van der Waals surface area contributed by atoms with E-state index in [-0.39, 0.29) is 12.5 Å². The Morgan fingerprint density at radius 3 is 2.69 bits per heavy atom. The van der Waals surface area contributed by atoms with Crippen LogP contribution in [0.15, 0.2) is 48.5 Å². The third kappa shape index (κ3) is 4.61. The largest absolute Gasteiger partial charge is 0.493 e. The van der Waals surface area contributed by atoms with E-state index in [2.05, 4.69) is 15.7 Å². The summed E-state index contributed by atoms with van der Waals surface area (Å²) >= 11 is 1.15. The van der Waals surface area contributed by atoms with Gasteiger partial charge >= 0.3 is 5.97 Å². The summed E-state index contributed by atoms with van der Waals surface area (Å²) in [4.78, 5) is 12.9. The molecule has 0 saturated heterocycles. The SMILES string of the molecule is CCCCCOc1cc2c(cc1OC)c(-c1ccc3c(c1)OCO3)c(C(=O)O)n2Cc1ccc2nsnc2c1. The molecule has 5 aromatic rings. The summed E-state index contributed by atoms with van der Waals surface area (Å²) in [6, 6.07) is 15.0. The molecule has 1 N–H and O–H groups in total. The predicted octanol–water partition coefficient (Wildman–Crippen LogP) is 6.37. The lowest BCUT2D eigenvalue weighted by molar-refractivity contribution is 0.0687. The average molecular weight is 546 g/mol. The number of rotatable bonds is 10. The Balaban J connectivity index is 1.56. The Morgan fingerprint density at radius 2 is 1.87 bits per heavy atom. The van der Waals surface area contributed by atoms with Crippen molar-refractivity contribution in [2.75, 3.05) is 20.5 Å². The molecule has 0 fully saturated rings. The molecule has 0 aliphatic carbocycles. The minimum atomic E-state index is -1.04. The molecule has 3 aromatic carbocycles. The molecule has 0 amide bonds. The van der Waals surface area contributed by atoms with Gasteiger partial charge in [0.05, 0.1) is 31.0 Å². The number of carboxylic acid groups (broad SMARTS) is 1. The highest BCUT2D eigenvalue weighted by molar-refractivity contribution is 7.00. The minimum absolute atomic E-state index is 0.132. The maximum atomic E-state index is 12.9. The van der Waals surface area contributed by atoms with Crippen LogP contribution < -0.4 is 18.9 Å². The number of aromatic carboxylic acids is 1. The van der Waals surface area contributed by atoms with Gasteiger partial charge < -0.3 is 28.6 Å². The lowest BCUT2D eigenvalue weighted by Gasteiger charge is -2.13. The second-order valence-corrected chi connectivity index (χ2v) is 9.87. The summed E-state index contributed by atoms with van der Waals surface area (Å²) in [6.07, 6.45) is 3.07. The van der Waals surface area contributed by atoms with Gasteiger partial charge in [0.1, 0.15) is 16.7 Å². The zero-order valence-corrected chi connectivity index (χ0v) is 22.4. The number of hydrogen-bond acceptors (Lipinski definition) is 8. The van der Waals surface area contributed by atoms with E-state index in [1.807, 2.05) is 47.0 Å². The van der Waals surface area contributed by atoms with Gasteiger partial charge in [-0.2, -0.15) is 8.75 Å². The van der Waals surface area contributed by atoms with Gasteiger partial charge in [0, 0.05) is 23.6 Å². The quantitative estimate of drug-likeness (QED) is 0.202. The van der Waals surface area contributed by atoms with Crippen molar-refractivity contribution in [3.63, 3.8) is 0 Å². The maximum Gasteiger partial charge on any atom is 0.353 e. The molecule has 2 aromatic heterocycles. The van der Waals surface area contributed by atoms with E-state index in [0.29, 0.717) is 47.3 Å². The number of benzene rings is 3. The zero-order valence-electron chi connectivity index (χ0n) is 21.6. The fourth-order valence-corrected chi connectivity index (χ4v) is 5.52. The van der Waals surface area contributed by atoms with Crippen LogP contribution in [0.1, 0.15) is 42.2 Å². The van der Waals surface area contributed by atoms with E-state index in [9.17, 15) is 9.90 Å². The fraction of sp³-hybridized carbons (Fsp3) is 0.276. The van der Waals surface area contributed by atoms with Gasteiger partial charge in [-0.3, -0.25) is 0 Å². The van der Waals surface area contributed by atoms with Gasteiger partial charge in [0.2, 0.25) is 6.79 Å². The average Bonchev–Trinajstić information content (AvgIpc) is 3.67. The second-order valence-electron chi connectivity index (χ2n) is 9.35. The van der Waals surface area contributed by atoms with Gasteiger partial charge in [0.15, 0.2) is 23.0 Å². The van der Waals surface area contributed by atoms with Crippen LogP contribution >= 0.6 is 11.7 Å². The lowest BCUT2D eigenvalue weighted by Crippen LogP contribution is -2.10. The fourth-order valence-electron chi connectivity index (χ4n) is 5.00. The van der Waals surface area contributed by atoms with Gasteiger partial charge in [0.25, 0.3) is 0 Å². The highest BCUT2D eigenvalue weighted by Gasteiger charge is 2.27. The summed E-state index contributed by atoms with van der Waals surface area (Å²) in [5, 5.41) is 11.3. The number of nitrogens with zero attached hydrogens (tertiary/aromatic N) is 3. The standard InChI is InChI=1S/C29H27N3O6S/c1-3-4-5-10-36-26-14-22-19(13-24(26)35-2)27(18-7-9-23-25(12-18)38-16-37-23)28(29(33)34)32(22)15-17-6-8-20-21(11-17)31-39-30-20/h6-9,11-14H,3-5,10,15-16H2,1-2H3,(H,33,34). The Kier molecular flexibility index (Phi) is 6.70. The number of hydrogen-bond donors (Lipinski definition) is 1. The van der Waals surface area contributed by atoms with E-state index < -0.39 is 5.97 Å². The Bertz CT molecular complexity index is 1690. The Labute approximate surface area is 228 Å². The minimum Gasteiger partial charge on any atom is -0.493 e. The molecule has 0 atom stereocenters. The number of carboxylic acids is 1. The maximum absolute atomic E-state index is 12.9. The lowest BCUT2D eigenvalue weighted by atomic mass is 10.0. The van der Waals surface area contributed by atoms with Crippen LogP contribution in [0.2, 0.25) is 0 Å². The van der Waals surface area contributed by atoms with Crippen molar-refractivity contribution in [1.82, 2.24) is 13.3 Å². The highest BCUT2D eigenvalue weighted by Crippen LogP contribution is 2.44. The number of aromatic nitrogens is 3. The van der Waals surface area contributed by atoms with Crippen molar-refractivity contribution >= 4 is 39.6 Å². The van der Waals surface area contributed by atoms with Crippen LogP contribution in [0.25, 0.3) is 33.1 Å². The van der Waals surface area contributed by atoms with Crippen molar-refractivity contribution < 1.29 is 28.8 Å². The van der Waals surface area contributed by atoms with Crippen molar-refractivity contribution in [2.24, 2.45) is 0 Å². The second kappa shape index (κ2) is 10.5. The molecule has 200 valence electrons. The van der Waals surface area contributed by atoms with Crippen LogP contribution in [0.3, 0.4) is 0 Å². The molecule has 0 unspecified atom stereocenters. The van der Waals surface area contributed by atoms with Crippen molar-refractivity contribution in [1.29, 1.82) is 0 Å². The van der Waals surface area contributed by atoms with Gasteiger partial charge in [-0.15, -0.1) is 0 Å². The molecular weight excluding hydrogens is 518 g/mol. The number of unbranched alkanes of at least 4 members (excludes halogenated alkanes) is 2. The first kappa shape index (κ1) is 25.0. The molecule has 9 nitrogen and oxygen atoms in total. The summed E-state index contributed by atoms with van der Waals surface area (Å²) in [5.74, 6) is 1.29. The molecule has 1 aliphatic heterocycles. The van der Waals surface area contributed by atoms with Crippen LogP contribution in [-0.4, -0.2) is 44.9 Å². The van der Waals surface area contributed by atoms with E-state index in [1.165, 1.54) is 0 Å². The monoisotopic (exact) mass is 545 g/mol. The molecule has 39 heavy (non-hydrogen) atoms. The topological polar surface area (TPSA) is 105 Å². The molecule has 0 saturated carbocycles. The third-order valence-corrected chi connectivity index (χ3v) is 7.43. The molecule has 0 radical (unpaired) electrons. The normalized spacial score (nSPS) is 12.4. The van der Waals surface area contributed by atoms with Crippen molar-refractivity contribution in [3.05, 3.63) is 59.8 Å². The molecule has 6 rings (SSSR count). The number of methoxy groups -OCH3 is 1. The van der Waals surface area contributed by atoms with Gasteiger partial charge in [-0.1, -0.05) is 31.9 Å². The van der Waals surface area contributed by atoms with Crippen molar-refractivity contribution in [2.45, 2.75) is 32.7 Å². The van der Waals surface area contributed by atoms with Crippen LogP contribution in [0.5, 0.6) is 23.0 Å². The van der Waals surface area contributed by atoms with Gasteiger partial charge in [-0.25, -0.2) is 4.79 Å². The molecule has 3 heterocycles. The van der Waals surface area contributed by atoms with E-state index in [0.717, 1.165) is 58.5 Å². The van der Waals surface area contributed by atoms with E-state index >= 15 is 0 Å². The first-order valence-corrected chi connectivity index (χ1v) is 13.5. The first-order valence-electron chi connectivity index (χ1n) is 12.8. The zero-order chi connectivity index (χ0) is 26.9. The van der Waals surface area contributed by atoms with Gasteiger partial charge in [-0.05, 0) is 47.9 Å². The smallest absolute Gasteiger partial charge is 0.353 e. The number of ether oxygens (including phenoxy) is 4. The molecule has 1 aliphatic rings. The van der Waals surface area contributed by atoms with E-state index in [4.69, 9.17) is 18.9 Å². The summed E-state index contributed by atoms with van der Waals surface area (Å²) in [7, 11) is 1.59. The first-order chi connectivity index (χ1) is 19.1. The Morgan fingerprint density at radius 1 is 1.03 bits per heavy atom. The molecular formula is C29H27N3O6S. The Hall–Kier alpha value is -4.31. The summed E-state index contributed by atoms with van der Waals surface area (Å²) in [5.41, 5.74) is 4.67. The van der Waals surface area contributed by atoms with Crippen molar-refractivity contribution in [3.8, 4) is 34.1 Å². The highest BCUT2D eigenvalue weighted by atomic mass is 32.1. The molecule has 0 bridgehead atoms. The van der Waals surface area contributed by atoms with E-state index in [1.54, 1.807) is 13.2 Å². The number of carbonyl (C=O) groups is 1.